The highest BCUT2D eigenvalue weighted by atomic mass is 35.5. The molecule has 0 aliphatic carbocycles. The fraction of sp³-hybridized carbons (Fsp3) is 0.167. The summed E-state index contributed by atoms with van der Waals surface area (Å²) in [4.78, 5) is 22.7. The molecule has 1 amide bonds. The standard InChI is InChI=1S/C24H18Cl2F3N3O6/c1-3-37-20-6-4-14(10-21(20)36-2)23(33)31-30-12-13-8-16(25)22(17(26)9-13)38-19-7-5-15(24(27,28)29)11-18(19)32(34)35/h4-12H,3H2,1-2H3,(H,31,33)/b30-12+. The van der Waals surface area contributed by atoms with Crippen molar-refractivity contribution in [1.29, 1.82) is 0 Å². The predicted molar refractivity (Wildman–Crippen MR) is 134 cm³/mol. The number of methoxy groups -OCH3 is 1. The monoisotopic (exact) mass is 571 g/mol. The molecule has 38 heavy (non-hydrogen) atoms. The molecule has 0 aromatic heterocycles. The lowest BCUT2D eigenvalue weighted by molar-refractivity contribution is -0.385. The molecule has 0 bridgehead atoms. The summed E-state index contributed by atoms with van der Waals surface area (Å²) < 4.78 is 54.8. The summed E-state index contributed by atoms with van der Waals surface area (Å²) in [6.07, 6.45) is -3.56. The minimum atomic E-state index is -4.78. The molecule has 3 rings (SSSR count). The van der Waals surface area contributed by atoms with Gasteiger partial charge in [0, 0.05) is 11.6 Å². The maximum atomic E-state index is 12.9. The second-order valence-electron chi connectivity index (χ2n) is 7.35. The molecule has 1 N–H and O–H groups in total. The van der Waals surface area contributed by atoms with Gasteiger partial charge in [-0.3, -0.25) is 14.9 Å². The van der Waals surface area contributed by atoms with Crippen LogP contribution in [0.4, 0.5) is 18.9 Å². The summed E-state index contributed by atoms with van der Waals surface area (Å²) in [5, 5.41) is 14.9. The Kier molecular flexibility index (Phi) is 9.02. The van der Waals surface area contributed by atoms with Gasteiger partial charge in [0.05, 0.1) is 40.5 Å². The molecule has 0 heterocycles. The summed E-state index contributed by atoms with van der Waals surface area (Å²) in [7, 11) is 1.44. The molecule has 14 heteroatoms. The minimum Gasteiger partial charge on any atom is -0.493 e. The zero-order chi connectivity index (χ0) is 28.0. The molecular weight excluding hydrogens is 554 g/mol. The van der Waals surface area contributed by atoms with Gasteiger partial charge in [0.2, 0.25) is 5.75 Å². The van der Waals surface area contributed by atoms with E-state index in [1.807, 2.05) is 6.92 Å². The van der Waals surface area contributed by atoms with Gasteiger partial charge >= 0.3 is 11.9 Å². The van der Waals surface area contributed by atoms with Gasteiger partial charge in [-0.25, -0.2) is 5.43 Å². The van der Waals surface area contributed by atoms with Crippen molar-refractivity contribution in [2.45, 2.75) is 13.1 Å². The van der Waals surface area contributed by atoms with Crippen LogP contribution < -0.4 is 19.6 Å². The highest BCUT2D eigenvalue weighted by Gasteiger charge is 2.33. The number of nitro benzene ring substituents is 1. The van der Waals surface area contributed by atoms with E-state index in [0.29, 0.717) is 35.8 Å². The molecule has 0 saturated carbocycles. The van der Waals surface area contributed by atoms with Crippen LogP contribution >= 0.6 is 23.2 Å². The number of hydrogen-bond acceptors (Lipinski definition) is 7. The number of amides is 1. The number of nitro groups is 1. The maximum Gasteiger partial charge on any atom is 0.416 e. The zero-order valence-electron chi connectivity index (χ0n) is 19.6. The van der Waals surface area contributed by atoms with E-state index in [4.69, 9.17) is 37.4 Å². The Bertz CT molecular complexity index is 1380. The van der Waals surface area contributed by atoms with Crippen molar-refractivity contribution in [1.82, 2.24) is 5.43 Å². The zero-order valence-corrected chi connectivity index (χ0v) is 21.1. The number of nitrogens with zero attached hydrogens (tertiary/aromatic N) is 2. The number of benzene rings is 3. The molecule has 0 saturated heterocycles. The number of carbonyl (C=O) groups is 1. The predicted octanol–water partition coefficient (Wildman–Crippen LogP) is 6.88. The lowest BCUT2D eigenvalue weighted by Crippen LogP contribution is -2.17. The summed E-state index contributed by atoms with van der Waals surface area (Å²) in [5.41, 5.74) is 0.758. The Morgan fingerprint density at radius 3 is 2.32 bits per heavy atom. The molecule has 0 radical (unpaired) electrons. The third kappa shape index (κ3) is 6.84. The largest absolute Gasteiger partial charge is 0.493 e. The molecule has 0 fully saturated rings. The highest BCUT2D eigenvalue weighted by Crippen LogP contribution is 2.42. The Morgan fingerprint density at radius 2 is 1.74 bits per heavy atom. The van der Waals surface area contributed by atoms with Gasteiger partial charge in [-0.2, -0.15) is 18.3 Å². The van der Waals surface area contributed by atoms with Gasteiger partial charge in [0.1, 0.15) is 0 Å². The van der Waals surface area contributed by atoms with E-state index in [2.05, 4.69) is 10.5 Å². The Morgan fingerprint density at radius 1 is 1.08 bits per heavy atom. The van der Waals surface area contributed by atoms with Gasteiger partial charge in [-0.15, -0.1) is 0 Å². The number of ether oxygens (including phenoxy) is 3. The summed E-state index contributed by atoms with van der Waals surface area (Å²) in [6, 6.07) is 9.03. The number of alkyl halides is 3. The number of carbonyl (C=O) groups excluding carboxylic acids is 1. The molecule has 0 atom stereocenters. The third-order valence-corrected chi connectivity index (χ3v) is 5.38. The first-order valence-corrected chi connectivity index (χ1v) is 11.4. The molecule has 0 aliphatic heterocycles. The normalized spacial score (nSPS) is 11.3. The first-order valence-electron chi connectivity index (χ1n) is 10.6. The van der Waals surface area contributed by atoms with Crippen molar-refractivity contribution >= 4 is 41.0 Å². The van der Waals surface area contributed by atoms with Crippen molar-refractivity contribution in [3.05, 3.63) is 85.4 Å². The Labute approximate surface area is 223 Å². The SMILES string of the molecule is CCOc1ccc(C(=O)N/N=C/c2cc(Cl)c(Oc3ccc(C(F)(F)F)cc3[N+](=O)[O-])c(Cl)c2)cc1OC. The van der Waals surface area contributed by atoms with E-state index >= 15 is 0 Å². The van der Waals surface area contributed by atoms with Gasteiger partial charge in [0.25, 0.3) is 5.91 Å². The molecule has 9 nitrogen and oxygen atoms in total. The van der Waals surface area contributed by atoms with Gasteiger partial charge < -0.3 is 14.2 Å². The van der Waals surface area contributed by atoms with Gasteiger partial charge in [-0.05, 0) is 55.0 Å². The van der Waals surface area contributed by atoms with E-state index in [1.54, 1.807) is 6.07 Å². The molecule has 0 aliphatic rings. The molecule has 0 spiro atoms. The van der Waals surface area contributed by atoms with Crippen LogP contribution in [0.2, 0.25) is 10.0 Å². The molecule has 3 aromatic carbocycles. The van der Waals surface area contributed by atoms with Gasteiger partial charge in [-0.1, -0.05) is 23.2 Å². The maximum absolute atomic E-state index is 12.9. The van der Waals surface area contributed by atoms with Crippen LogP contribution in [-0.4, -0.2) is 30.8 Å². The second kappa shape index (κ2) is 12.0. The Hall–Kier alpha value is -4.03. The number of nitrogens with one attached hydrogen (secondary N) is 1. The number of rotatable bonds is 9. The first-order chi connectivity index (χ1) is 17.9. The van der Waals surface area contributed by atoms with Crippen LogP contribution in [0.3, 0.4) is 0 Å². The van der Waals surface area contributed by atoms with Crippen LogP contribution in [0.1, 0.15) is 28.4 Å². The van der Waals surface area contributed by atoms with Gasteiger partial charge in [0.15, 0.2) is 17.2 Å². The van der Waals surface area contributed by atoms with Crippen LogP contribution in [0.25, 0.3) is 0 Å². The quantitative estimate of drug-likeness (QED) is 0.170. The first kappa shape index (κ1) is 28.5. The van der Waals surface area contributed by atoms with Crippen molar-refractivity contribution in [2.24, 2.45) is 5.10 Å². The number of halogens is 5. The fourth-order valence-corrected chi connectivity index (χ4v) is 3.68. The van der Waals surface area contributed by atoms with E-state index < -0.39 is 34.0 Å². The van der Waals surface area contributed by atoms with Crippen molar-refractivity contribution in [3.8, 4) is 23.0 Å². The molecular formula is C24H18Cl2F3N3O6. The lowest BCUT2D eigenvalue weighted by Gasteiger charge is -2.12. The van der Waals surface area contributed by atoms with Crippen LogP contribution in [0.15, 0.2) is 53.6 Å². The summed E-state index contributed by atoms with van der Waals surface area (Å²) >= 11 is 12.4. The van der Waals surface area contributed by atoms with E-state index in [9.17, 15) is 28.1 Å². The van der Waals surface area contributed by atoms with Crippen LogP contribution in [0, 0.1) is 10.1 Å². The Balaban J connectivity index is 1.77. The number of hydrogen-bond donors (Lipinski definition) is 1. The second-order valence-corrected chi connectivity index (χ2v) is 8.17. The average Bonchev–Trinajstić information content (AvgIpc) is 2.85. The average molecular weight is 572 g/mol. The van der Waals surface area contributed by atoms with Crippen LogP contribution in [-0.2, 0) is 6.18 Å². The van der Waals surface area contributed by atoms with E-state index in [-0.39, 0.29) is 21.4 Å². The summed E-state index contributed by atoms with van der Waals surface area (Å²) in [6.45, 7) is 2.23. The third-order valence-electron chi connectivity index (χ3n) is 4.82. The molecule has 3 aromatic rings. The lowest BCUT2D eigenvalue weighted by atomic mass is 10.2. The van der Waals surface area contributed by atoms with Crippen molar-refractivity contribution < 1.29 is 37.1 Å². The molecule has 200 valence electrons. The van der Waals surface area contributed by atoms with Crippen LogP contribution in [0.5, 0.6) is 23.0 Å². The highest BCUT2D eigenvalue weighted by molar-refractivity contribution is 6.37. The topological polar surface area (TPSA) is 112 Å². The summed E-state index contributed by atoms with van der Waals surface area (Å²) in [5.74, 6) is -0.423. The fourth-order valence-electron chi connectivity index (χ4n) is 3.10. The van der Waals surface area contributed by atoms with Crippen molar-refractivity contribution in [2.75, 3.05) is 13.7 Å². The number of hydrazone groups is 1. The van der Waals surface area contributed by atoms with E-state index in [1.165, 1.54) is 37.6 Å². The molecule has 0 unspecified atom stereocenters. The smallest absolute Gasteiger partial charge is 0.416 e. The van der Waals surface area contributed by atoms with E-state index in [0.717, 1.165) is 6.07 Å². The minimum absolute atomic E-state index is 0.115. The van der Waals surface area contributed by atoms with Crippen molar-refractivity contribution in [3.63, 3.8) is 0 Å².